The van der Waals surface area contributed by atoms with Gasteiger partial charge in [-0.25, -0.2) is 4.39 Å². The Labute approximate surface area is 311 Å². The van der Waals surface area contributed by atoms with Crippen molar-refractivity contribution in [3.05, 3.63) is 139 Å². The monoisotopic (exact) mass is 899 g/mol. The third kappa shape index (κ3) is 8.34. The van der Waals surface area contributed by atoms with Crippen LogP contribution in [0, 0.1) is 23.9 Å². The molecule has 8 rings (SSSR count). The second-order valence-corrected chi connectivity index (χ2v) is 24.8. The van der Waals surface area contributed by atoms with E-state index in [1.807, 2.05) is 67.0 Å². The predicted molar refractivity (Wildman–Crippen MR) is 203 cm³/mol. The molecule has 1 saturated carbocycles. The fourth-order valence-corrected chi connectivity index (χ4v) is 8.97. The van der Waals surface area contributed by atoms with Crippen molar-refractivity contribution in [3.63, 3.8) is 0 Å². The number of pyridine rings is 2. The van der Waals surface area contributed by atoms with Gasteiger partial charge in [0.1, 0.15) is 11.4 Å². The van der Waals surface area contributed by atoms with Gasteiger partial charge in [-0.05, 0) is 58.6 Å². The van der Waals surface area contributed by atoms with Crippen molar-refractivity contribution in [2.24, 2.45) is 5.92 Å². The Morgan fingerprint density at radius 2 is 1.58 bits per heavy atom. The van der Waals surface area contributed by atoms with Crippen LogP contribution in [0.2, 0.25) is 17.3 Å². The van der Waals surface area contributed by atoms with Crippen molar-refractivity contribution in [3.8, 4) is 33.6 Å². The minimum Gasteiger partial charge on any atom is 0 e. The maximum atomic E-state index is 13.7. The average Bonchev–Trinajstić information content (AvgIpc) is 3.51. The summed E-state index contributed by atoms with van der Waals surface area (Å²) in [6.07, 6.45) is 11.8. The molecule has 0 unspecified atom stereocenters. The molecule has 1 radical (unpaired) electrons. The molecule has 4 aromatic carbocycles. The number of aromatic nitrogens is 2. The van der Waals surface area contributed by atoms with Crippen LogP contribution >= 0.6 is 0 Å². The Kier molecular flexibility index (Phi) is 11.5. The van der Waals surface area contributed by atoms with Gasteiger partial charge in [-0.3, -0.25) is 0 Å². The normalized spacial score (nSPS) is 13.4. The molecule has 0 amide bonds. The van der Waals surface area contributed by atoms with Crippen molar-refractivity contribution in [1.82, 2.24) is 9.97 Å². The summed E-state index contributed by atoms with van der Waals surface area (Å²) in [6, 6.07) is 40.1. The van der Waals surface area contributed by atoms with Crippen LogP contribution in [0.25, 0.3) is 55.6 Å². The van der Waals surface area contributed by atoms with Gasteiger partial charge in [-0.2, -0.15) is 0 Å². The van der Waals surface area contributed by atoms with Gasteiger partial charge in [0.25, 0.3) is 0 Å². The van der Waals surface area contributed by atoms with Gasteiger partial charge in [0.2, 0.25) is 0 Å². The molecule has 255 valence electrons. The summed E-state index contributed by atoms with van der Waals surface area (Å²) in [5, 5.41) is 2.04. The van der Waals surface area contributed by atoms with Crippen LogP contribution in [0.3, 0.4) is 0 Å². The van der Waals surface area contributed by atoms with E-state index < -0.39 is 13.3 Å². The smallest absolute Gasteiger partial charge is 0 e. The first-order valence-electron chi connectivity index (χ1n) is 17.3. The van der Waals surface area contributed by atoms with Gasteiger partial charge in [-0.15, -0.1) is 11.6 Å². The van der Waals surface area contributed by atoms with Gasteiger partial charge >= 0.3 is 99.8 Å². The minimum absolute atomic E-state index is 0. The van der Waals surface area contributed by atoms with E-state index in [1.165, 1.54) is 54.2 Å². The van der Waals surface area contributed by atoms with Gasteiger partial charge in [0, 0.05) is 26.3 Å². The van der Waals surface area contributed by atoms with Crippen LogP contribution in [0.5, 0.6) is 0 Å². The van der Waals surface area contributed by atoms with E-state index in [2.05, 4.69) is 75.8 Å². The van der Waals surface area contributed by atoms with Gasteiger partial charge in [0.15, 0.2) is 0 Å². The van der Waals surface area contributed by atoms with E-state index in [0.717, 1.165) is 62.3 Å². The Hall–Kier alpha value is -3.90. The fraction of sp³-hybridized carbons (Fsp3) is 0.227. The molecule has 50 heavy (non-hydrogen) atoms. The van der Waals surface area contributed by atoms with Crippen molar-refractivity contribution >= 4 is 39.6 Å². The van der Waals surface area contributed by atoms with Crippen molar-refractivity contribution in [2.75, 3.05) is 0 Å². The summed E-state index contributed by atoms with van der Waals surface area (Å²) < 4.78 is 21.3. The first-order chi connectivity index (χ1) is 23.8. The summed E-state index contributed by atoms with van der Waals surface area (Å²) in [7, 11) is 0. The zero-order valence-electron chi connectivity index (χ0n) is 28.8. The van der Waals surface area contributed by atoms with E-state index in [1.54, 1.807) is 0 Å². The van der Waals surface area contributed by atoms with E-state index >= 15 is 0 Å². The summed E-state index contributed by atoms with van der Waals surface area (Å²) >= 11 is -1.72. The van der Waals surface area contributed by atoms with Crippen LogP contribution < -0.4 is 4.40 Å². The number of hydrogen-bond acceptors (Lipinski definition) is 3. The number of benzene rings is 4. The molecule has 0 saturated heterocycles. The SMILES string of the molecule is Fc1ccc(-c2cc(-c3cc(CC4CCCCC4)ccn3)[c-]c3oc4ccccc4c23)cc1.[CH3][Ge]([CH3])([CH3])[c]1ccc(-c2[c-]cccc2)nc1.[Ir]. The molecule has 0 bridgehead atoms. The largest absolute Gasteiger partial charge is 0 e. The van der Waals surface area contributed by atoms with E-state index in [4.69, 9.17) is 4.42 Å². The second-order valence-electron chi connectivity index (χ2n) is 14.1. The molecule has 0 aliphatic heterocycles. The van der Waals surface area contributed by atoms with Crippen molar-refractivity contribution in [2.45, 2.75) is 55.8 Å². The molecule has 3 aromatic heterocycles. The zero-order chi connectivity index (χ0) is 33.8. The molecule has 1 aliphatic carbocycles. The molecular weight excluding hydrogens is 856 g/mol. The summed E-state index contributed by atoms with van der Waals surface area (Å²) in [5.41, 5.74) is 8.67. The second kappa shape index (κ2) is 16.0. The fourth-order valence-electron chi connectivity index (χ4n) is 6.79. The average molecular weight is 898 g/mol. The minimum atomic E-state index is -1.72. The van der Waals surface area contributed by atoms with Gasteiger partial charge < -0.3 is 9.40 Å². The first-order valence-corrected chi connectivity index (χ1v) is 24.7. The molecule has 0 spiro atoms. The quantitative estimate of drug-likeness (QED) is 0.123. The Bertz CT molecular complexity index is 2170. The third-order valence-corrected chi connectivity index (χ3v) is 13.8. The van der Waals surface area contributed by atoms with Crippen LogP contribution in [0.1, 0.15) is 37.7 Å². The van der Waals surface area contributed by atoms with Crippen LogP contribution in [-0.2, 0) is 26.5 Å². The van der Waals surface area contributed by atoms with Crippen LogP contribution in [0.15, 0.2) is 120 Å². The maximum absolute atomic E-state index is 13.7. The molecular formula is C44H41FGeIrN2O-2. The number of nitrogens with zero attached hydrogens (tertiary/aromatic N) is 2. The van der Waals surface area contributed by atoms with Crippen molar-refractivity contribution < 1.29 is 28.9 Å². The topological polar surface area (TPSA) is 38.9 Å². The predicted octanol–water partition coefficient (Wildman–Crippen LogP) is 11.5. The number of furan rings is 1. The zero-order valence-corrected chi connectivity index (χ0v) is 33.3. The molecule has 0 N–H and O–H groups in total. The number of fused-ring (bicyclic) bond motifs is 3. The van der Waals surface area contributed by atoms with Crippen LogP contribution in [-0.4, -0.2) is 23.2 Å². The van der Waals surface area contributed by atoms with Crippen LogP contribution in [0.4, 0.5) is 4.39 Å². The summed E-state index contributed by atoms with van der Waals surface area (Å²) in [6.45, 7) is 0. The number of rotatable bonds is 6. The van der Waals surface area contributed by atoms with E-state index in [-0.39, 0.29) is 25.9 Å². The van der Waals surface area contributed by atoms with Gasteiger partial charge in [0.05, 0.1) is 5.58 Å². The molecule has 1 aliphatic rings. The molecule has 0 atom stereocenters. The first kappa shape index (κ1) is 35.9. The molecule has 1 fully saturated rings. The van der Waals surface area contributed by atoms with Gasteiger partial charge in [-0.1, -0.05) is 85.7 Å². The third-order valence-electron chi connectivity index (χ3n) is 9.52. The van der Waals surface area contributed by atoms with E-state index in [0.29, 0.717) is 5.58 Å². The summed E-state index contributed by atoms with van der Waals surface area (Å²) in [4.78, 5) is 9.21. The Morgan fingerprint density at radius 3 is 2.30 bits per heavy atom. The molecule has 7 aromatic rings. The molecule has 3 nitrogen and oxygen atoms in total. The molecule has 6 heteroatoms. The Balaban J connectivity index is 0.000000215. The summed E-state index contributed by atoms with van der Waals surface area (Å²) in [5.74, 6) is 7.67. The van der Waals surface area contributed by atoms with Crippen molar-refractivity contribution in [1.29, 1.82) is 0 Å². The Morgan fingerprint density at radius 1 is 0.800 bits per heavy atom. The number of para-hydroxylation sites is 1. The number of hydrogen-bond donors (Lipinski definition) is 0. The molecule has 3 heterocycles. The number of halogens is 1. The standard InChI is InChI=1S/C30H25FNO.C14H16GeN.Ir/c31-24-12-10-22(11-13-24)26-18-23(19-29-30(26)25-8-4-5-9-28(25)33-29)27-17-21(14-15-32-27)16-20-6-2-1-3-7-20;1-15(2,3)13-9-10-14(16-11-13)12-7-5-4-6-8-12;/h4-5,8-15,17-18,20H,1-3,6-7,16H2;4-7,9-11H,1-3H3;/q2*-1;. The maximum Gasteiger partial charge on any atom is 0 e. The van der Waals surface area contributed by atoms with E-state index in [9.17, 15) is 4.39 Å².